The van der Waals surface area contributed by atoms with Crippen LogP contribution in [0.5, 0.6) is 0 Å². The molecule has 7 heteroatoms. The van der Waals surface area contributed by atoms with Gasteiger partial charge in [0.05, 0.1) is 5.75 Å². The highest BCUT2D eigenvalue weighted by atomic mass is 32.2. The van der Waals surface area contributed by atoms with E-state index in [9.17, 15) is 4.79 Å². The number of hydrogen-bond acceptors (Lipinski definition) is 5. The fraction of sp³-hybridized carbons (Fsp3) is 0.423. The zero-order valence-electron chi connectivity index (χ0n) is 19.8. The zero-order valence-corrected chi connectivity index (χ0v) is 20.6. The third-order valence-electron chi connectivity index (χ3n) is 6.14. The van der Waals surface area contributed by atoms with Crippen molar-refractivity contribution in [2.24, 2.45) is 5.92 Å². The summed E-state index contributed by atoms with van der Waals surface area (Å²) in [6.07, 6.45) is 2.62. The van der Waals surface area contributed by atoms with Gasteiger partial charge in [-0.1, -0.05) is 55.1 Å². The lowest BCUT2D eigenvalue weighted by molar-refractivity contribution is -0.113. The smallest absolute Gasteiger partial charge is 0.234 e. The molecule has 0 radical (unpaired) electrons. The van der Waals surface area contributed by atoms with Crippen molar-refractivity contribution in [2.75, 3.05) is 24.2 Å². The Hall–Kier alpha value is -2.64. The third kappa shape index (κ3) is 6.03. The van der Waals surface area contributed by atoms with Gasteiger partial charge in [-0.05, 0) is 62.4 Å². The van der Waals surface area contributed by atoms with E-state index in [1.54, 1.807) is 0 Å². The van der Waals surface area contributed by atoms with Gasteiger partial charge in [-0.3, -0.25) is 9.69 Å². The number of hydrogen-bond donors (Lipinski definition) is 1. The first-order valence-corrected chi connectivity index (χ1v) is 12.7. The molecule has 0 spiro atoms. The van der Waals surface area contributed by atoms with Crippen molar-refractivity contribution in [1.82, 2.24) is 19.7 Å². The number of anilines is 1. The van der Waals surface area contributed by atoms with Gasteiger partial charge in [0.15, 0.2) is 11.0 Å². The minimum Gasteiger partial charge on any atom is -0.325 e. The maximum atomic E-state index is 12.6. The van der Waals surface area contributed by atoms with E-state index < -0.39 is 0 Å². The van der Waals surface area contributed by atoms with Crippen LogP contribution >= 0.6 is 11.8 Å². The number of carbonyl (C=O) groups is 1. The molecule has 1 saturated heterocycles. The molecule has 2 aromatic carbocycles. The maximum Gasteiger partial charge on any atom is 0.234 e. The molecule has 0 aliphatic carbocycles. The Kier molecular flexibility index (Phi) is 7.83. The van der Waals surface area contributed by atoms with Crippen molar-refractivity contribution in [3.63, 3.8) is 0 Å². The molecule has 1 unspecified atom stereocenters. The molecule has 1 atom stereocenters. The van der Waals surface area contributed by atoms with Crippen LogP contribution in [0.1, 0.15) is 37.8 Å². The van der Waals surface area contributed by atoms with Crippen LogP contribution in [0, 0.1) is 12.8 Å². The van der Waals surface area contributed by atoms with Crippen molar-refractivity contribution in [3.8, 4) is 11.4 Å². The van der Waals surface area contributed by atoms with Gasteiger partial charge in [0.2, 0.25) is 5.91 Å². The predicted molar refractivity (Wildman–Crippen MR) is 135 cm³/mol. The summed E-state index contributed by atoms with van der Waals surface area (Å²) in [5.41, 5.74) is 4.35. The molecule has 0 bridgehead atoms. The number of nitrogens with one attached hydrogen (secondary N) is 1. The Morgan fingerprint density at radius 2 is 1.94 bits per heavy atom. The Labute approximate surface area is 200 Å². The first kappa shape index (κ1) is 23.5. The third-order valence-corrected chi connectivity index (χ3v) is 7.10. The summed E-state index contributed by atoms with van der Waals surface area (Å²) < 4.78 is 2.07. The first-order valence-electron chi connectivity index (χ1n) is 11.8. The molecule has 33 heavy (non-hydrogen) atoms. The van der Waals surface area contributed by atoms with E-state index in [1.807, 2.05) is 24.3 Å². The minimum absolute atomic E-state index is 0.0410. The van der Waals surface area contributed by atoms with Gasteiger partial charge in [0, 0.05) is 30.9 Å². The van der Waals surface area contributed by atoms with Crippen LogP contribution < -0.4 is 5.32 Å². The summed E-state index contributed by atoms with van der Waals surface area (Å²) in [5, 5.41) is 12.5. The predicted octanol–water partition coefficient (Wildman–Crippen LogP) is 5.24. The SMILES string of the molecule is CCn1c(SCC(=O)Nc2ccc(CN3CCCC(C)C3)cc2)nnc1-c1ccccc1C. The molecule has 1 amide bonds. The lowest BCUT2D eigenvalue weighted by Crippen LogP contribution is -2.33. The van der Waals surface area contributed by atoms with E-state index in [1.165, 1.54) is 43.3 Å². The van der Waals surface area contributed by atoms with Crippen molar-refractivity contribution in [3.05, 3.63) is 59.7 Å². The number of rotatable bonds is 8. The highest BCUT2D eigenvalue weighted by molar-refractivity contribution is 7.99. The molecule has 174 valence electrons. The molecule has 1 fully saturated rings. The number of carbonyl (C=O) groups excluding carboxylic acids is 1. The summed E-state index contributed by atoms with van der Waals surface area (Å²) in [6.45, 7) is 10.5. The van der Waals surface area contributed by atoms with E-state index in [-0.39, 0.29) is 5.91 Å². The largest absolute Gasteiger partial charge is 0.325 e. The molecule has 0 saturated carbocycles. The van der Waals surface area contributed by atoms with Crippen LogP contribution in [0.4, 0.5) is 5.69 Å². The molecular formula is C26H33N5OS. The van der Waals surface area contributed by atoms with Crippen LogP contribution in [0.2, 0.25) is 0 Å². The minimum atomic E-state index is -0.0410. The normalized spacial score (nSPS) is 16.6. The molecular weight excluding hydrogens is 430 g/mol. The second-order valence-electron chi connectivity index (χ2n) is 8.88. The average molecular weight is 464 g/mol. The van der Waals surface area contributed by atoms with Gasteiger partial charge in [-0.25, -0.2) is 0 Å². The summed E-state index contributed by atoms with van der Waals surface area (Å²) in [7, 11) is 0. The van der Waals surface area contributed by atoms with Crippen molar-refractivity contribution in [1.29, 1.82) is 0 Å². The van der Waals surface area contributed by atoms with Crippen molar-refractivity contribution < 1.29 is 4.79 Å². The number of amides is 1. The fourth-order valence-corrected chi connectivity index (χ4v) is 5.22. The Morgan fingerprint density at radius 1 is 1.15 bits per heavy atom. The van der Waals surface area contributed by atoms with E-state index >= 15 is 0 Å². The van der Waals surface area contributed by atoms with Crippen LogP contribution in [0.3, 0.4) is 0 Å². The summed E-state index contributed by atoms with van der Waals surface area (Å²) >= 11 is 1.42. The van der Waals surface area contributed by atoms with Gasteiger partial charge in [0.1, 0.15) is 0 Å². The molecule has 1 aromatic heterocycles. The van der Waals surface area contributed by atoms with Crippen molar-refractivity contribution >= 4 is 23.4 Å². The van der Waals surface area contributed by atoms with Gasteiger partial charge in [0.25, 0.3) is 0 Å². The molecule has 1 aliphatic rings. The average Bonchev–Trinajstić information content (AvgIpc) is 3.22. The van der Waals surface area contributed by atoms with Gasteiger partial charge < -0.3 is 9.88 Å². The highest BCUT2D eigenvalue weighted by Crippen LogP contribution is 2.26. The number of aromatic nitrogens is 3. The maximum absolute atomic E-state index is 12.6. The molecule has 6 nitrogen and oxygen atoms in total. The first-order chi connectivity index (χ1) is 16.0. The van der Waals surface area contributed by atoms with Crippen LogP contribution in [0.15, 0.2) is 53.7 Å². The zero-order chi connectivity index (χ0) is 23.2. The van der Waals surface area contributed by atoms with Crippen LogP contribution in [0.25, 0.3) is 11.4 Å². The highest BCUT2D eigenvalue weighted by Gasteiger charge is 2.17. The molecule has 4 rings (SSSR count). The lowest BCUT2D eigenvalue weighted by atomic mass is 10.00. The van der Waals surface area contributed by atoms with Gasteiger partial charge in [-0.2, -0.15) is 0 Å². The van der Waals surface area contributed by atoms with E-state index in [2.05, 4.69) is 70.0 Å². The Morgan fingerprint density at radius 3 is 2.67 bits per heavy atom. The van der Waals surface area contributed by atoms with Crippen LogP contribution in [-0.2, 0) is 17.9 Å². The van der Waals surface area contributed by atoms with Crippen molar-refractivity contribution in [2.45, 2.75) is 51.9 Å². The summed E-state index contributed by atoms with van der Waals surface area (Å²) in [4.78, 5) is 15.1. The quantitative estimate of drug-likeness (QED) is 0.463. The molecule has 1 aliphatic heterocycles. The molecule has 2 heterocycles. The summed E-state index contributed by atoms with van der Waals surface area (Å²) in [5.74, 6) is 1.87. The Balaban J connectivity index is 1.32. The number of aryl methyl sites for hydroxylation is 1. The van der Waals surface area contributed by atoms with Crippen LogP contribution in [-0.4, -0.2) is 44.4 Å². The number of likely N-dealkylation sites (tertiary alicyclic amines) is 1. The fourth-order valence-electron chi connectivity index (χ4n) is 4.41. The van der Waals surface area contributed by atoms with E-state index in [0.717, 1.165) is 46.8 Å². The molecule has 3 aromatic rings. The monoisotopic (exact) mass is 463 g/mol. The van der Waals surface area contributed by atoms with E-state index in [0.29, 0.717) is 5.75 Å². The van der Waals surface area contributed by atoms with Gasteiger partial charge in [-0.15, -0.1) is 10.2 Å². The van der Waals surface area contributed by atoms with E-state index in [4.69, 9.17) is 0 Å². The number of piperidine rings is 1. The summed E-state index contributed by atoms with van der Waals surface area (Å²) in [6, 6.07) is 16.4. The number of nitrogens with zero attached hydrogens (tertiary/aromatic N) is 4. The number of thioether (sulfide) groups is 1. The second-order valence-corrected chi connectivity index (χ2v) is 9.82. The Bertz CT molecular complexity index is 1080. The number of benzene rings is 2. The topological polar surface area (TPSA) is 63.1 Å². The second kappa shape index (κ2) is 11.0. The standard InChI is InChI=1S/C26H33N5OS/c1-4-31-25(23-10-6-5-9-20(23)3)28-29-26(31)33-18-24(32)27-22-13-11-21(12-14-22)17-30-15-7-8-19(2)16-30/h5-6,9-14,19H,4,7-8,15-18H2,1-3H3,(H,27,32). The molecule has 1 N–H and O–H groups in total. The lowest BCUT2D eigenvalue weighted by Gasteiger charge is -2.30. The van der Waals surface area contributed by atoms with Gasteiger partial charge >= 0.3 is 0 Å².